The van der Waals surface area contributed by atoms with E-state index >= 15 is 0 Å². The highest BCUT2D eigenvalue weighted by Gasteiger charge is 2.48. The predicted octanol–water partition coefficient (Wildman–Crippen LogP) is 1.32. The van der Waals surface area contributed by atoms with Gasteiger partial charge in [0.2, 0.25) is 5.91 Å². The maximum Gasteiger partial charge on any atom is 0.243 e. The third kappa shape index (κ3) is 1.60. The van der Waals surface area contributed by atoms with Gasteiger partial charge >= 0.3 is 0 Å². The number of amides is 1. The van der Waals surface area contributed by atoms with E-state index in [0.717, 1.165) is 12.8 Å². The molecule has 1 saturated heterocycles. The van der Waals surface area contributed by atoms with Crippen LogP contribution in [0.1, 0.15) is 32.6 Å². The van der Waals surface area contributed by atoms with E-state index in [1.807, 2.05) is 6.92 Å². The van der Waals surface area contributed by atoms with Crippen LogP contribution in [0.15, 0.2) is 0 Å². The second-order valence-electron chi connectivity index (χ2n) is 4.90. The first-order valence-electron chi connectivity index (χ1n) is 5.91. The van der Waals surface area contributed by atoms with E-state index in [9.17, 15) is 4.79 Å². The van der Waals surface area contributed by atoms with Gasteiger partial charge in [0.25, 0.3) is 0 Å². The molecule has 1 aliphatic heterocycles. The van der Waals surface area contributed by atoms with Crippen LogP contribution in [0, 0.1) is 16.7 Å². The zero-order chi connectivity index (χ0) is 11.8. The van der Waals surface area contributed by atoms with Crippen LogP contribution in [0.25, 0.3) is 0 Å². The molecule has 1 saturated carbocycles. The topological polar surface area (TPSA) is 53.3 Å². The van der Waals surface area contributed by atoms with Crippen molar-refractivity contribution in [2.45, 2.75) is 44.8 Å². The fourth-order valence-corrected chi connectivity index (χ4v) is 2.62. The Morgan fingerprint density at radius 1 is 1.56 bits per heavy atom. The van der Waals surface area contributed by atoms with Gasteiger partial charge < -0.3 is 9.64 Å². The van der Waals surface area contributed by atoms with Gasteiger partial charge in [0.15, 0.2) is 0 Å². The molecule has 0 spiro atoms. The van der Waals surface area contributed by atoms with Gasteiger partial charge in [-0.1, -0.05) is 0 Å². The molecule has 2 rings (SSSR count). The quantitative estimate of drug-likeness (QED) is 0.708. The minimum atomic E-state index is -0.725. The number of carbonyl (C=O) groups is 1. The van der Waals surface area contributed by atoms with Gasteiger partial charge in [-0.05, 0) is 32.6 Å². The Hall–Kier alpha value is -1.08. The first-order valence-corrected chi connectivity index (χ1v) is 5.91. The summed E-state index contributed by atoms with van der Waals surface area (Å²) < 4.78 is 5.46. The van der Waals surface area contributed by atoms with Gasteiger partial charge in [-0.3, -0.25) is 4.79 Å². The highest BCUT2D eigenvalue weighted by molar-refractivity contribution is 5.86. The zero-order valence-corrected chi connectivity index (χ0v) is 9.90. The van der Waals surface area contributed by atoms with Crippen molar-refractivity contribution in [3.63, 3.8) is 0 Å². The molecule has 0 bridgehead atoms. The predicted molar refractivity (Wildman–Crippen MR) is 58.5 cm³/mol. The first kappa shape index (κ1) is 11.4. The lowest BCUT2D eigenvalue weighted by Crippen LogP contribution is -2.50. The Bertz CT molecular complexity index is 330. The maximum atomic E-state index is 12.3. The Kier molecular flexibility index (Phi) is 2.90. The molecule has 1 heterocycles. The minimum absolute atomic E-state index is 0.0106. The fourth-order valence-electron chi connectivity index (χ4n) is 2.62. The van der Waals surface area contributed by atoms with Crippen LogP contribution in [0.2, 0.25) is 0 Å². The summed E-state index contributed by atoms with van der Waals surface area (Å²) in [5.74, 6) is -0.0106. The number of likely N-dealkylation sites (N-methyl/N-ethyl adjacent to an activating group) is 1. The van der Waals surface area contributed by atoms with Crippen LogP contribution in [-0.2, 0) is 9.53 Å². The average Bonchev–Trinajstić information content (AvgIpc) is 2.62. The van der Waals surface area contributed by atoms with Gasteiger partial charge in [-0.25, -0.2) is 0 Å². The number of hydrogen-bond acceptors (Lipinski definition) is 3. The molecule has 4 heteroatoms. The monoisotopic (exact) mass is 222 g/mol. The fraction of sp³-hybridized carbons (Fsp3) is 0.833. The summed E-state index contributed by atoms with van der Waals surface area (Å²) in [6.45, 7) is 2.70. The maximum absolute atomic E-state index is 12.3. The van der Waals surface area contributed by atoms with Crippen molar-refractivity contribution in [3.05, 3.63) is 0 Å². The molecule has 0 aromatic rings. The molecule has 2 aliphatic rings. The van der Waals surface area contributed by atoms with Gasteiger partial charge in [0, 0.05) is 13.7 Å². The zero-order valence-electron chi connectivity index (χ0n) is 9.90. The lowest BCUT2D eigenvalue weighted by atomic mass is 9.69. The van der Waals surface area contributed by atoms with Crippen LogP contribution in [0.5, 0.6) is 0 Å². The number of hydrogen-bond donors (Lipinski definition) is 0. The van der Waals surface area contributed by atoms with Crippen molar-refractivity contribution in [2.75, 3.05) is 13.7 Å². The molecular weight excluding hydrogens is 204 g/mol. The van der Waals surface area contributed by atoms with Crippen LogP contribution in [0.3, 0.4) is 0 Å². The van der Waals surface area contributed by atoms with Gasteiger partial charge in [0.05, 0.1) is 18.2 Å². The number of nitriles is 1. The van der Waals surface area contributed by atoms with E-state index in [0.29, 0.717) is 19.4 Å². The number of ether oxygens (including phenoxy) is 1. The van der Waals surface area contributed by atoms with E-state index < -0.39 is 5.41 Å². The Labute approximate surface area is 96.2 Å². The van der Waals surface area contributed by atoms with Crippen molar-refractivity contribution in [3.8, 4) is 6.07 Å². The van der Waals surface area contributed by atoms with Gasteiger partial charge in [-0.15, -0.1) is 0 Å². The van der Waals surface area contributed by atoms with E-state index in [1.54, 1.807) is 11.9 Å². The van der Waals surface area contributed by atoms with Crippen molar-refractivity contribution in [1.82, 2.24) is 4.90 Å². The summed E-state index contributed by atoms with van der Waals surface area (Å²) in [5.41, 5.74) is -0.725. The Balaban J connectivity index is 2.07. The SMILES string of the molecule is CC1OCCC1N(C)C(=O)C1(C#N)CCC1. The summed E-state index contributed by atoms with van der Waals surface area (Å²) in [5, 5.41) is 9.14. The summed E-state index contributed by atoms with van der Waals surface area (Å²) >= 11 is 0. The lowest BCUT2D eigenvalue weighted by Gasteiger charge is -2.39. The van der Waals surface area contributed by atoms with Crippen LogP contribution in [-0.4, -0.2) is 36.6 Å². The summed E-state index contributed by atoms with van der Waals surface area (Å²) in [7, 11) is 1.80. The molecule has 0 N–H and O–H groups in total. The Morgan fingerprint density at radius 3 is 2.62 bits per heavy atom. The number of nitrogens with zero attached hydrogens (tertiary/aromatic N) is 2. The molecule has 88 valence electrons. The van der Waals surface area contributed by atoms with E-state index in [2.05, 4.69) is 6.07 Å². The summed E-state index contributed by atoms with van der Waals surface area (Å²) in [6.07, 6.45) is 3.39. The van der Waals surface area contributed by atoms with Crippen molar-refractivity contribution >= 4 is 5.91 Å². The first-order chi connectivity index (χ1) is 7.60. The van der Waals surface area contributed by atoms with Crippen molar-refractivity contribution in [1.29, 1.82) is 5.26 Å². The van der Waals surface area contributed by atoms with Crippen LogP contribution >= 0.6 is 0 Å². The molecule has 0 radical (unpaired) electrons. The average molecular weight is 222 g/mol. The van der Waals surface area contributed by atoms with Crippen LogP contribution in [0.4, 0.5) is 0 Å². The normalized spacial score (nSPS) is 31.6. The molecule has 1 amide bonds. The third-order valence-electron chi connectivity index (χ3n) is 3.98. The molecule has 16 heavy (non-hydrogen) atoms. The van der Waals surface area contributed by atoms with Crippen molar-refractivity contribution in [2.24, 2.45) is 5.41 Å². The van der Waals surface area contributed by atoms with E-state index in [4.69, 9.17) is 10.00 Å². The van der Waals surface area contributed by atoms with Gasteiger partial charge in [-0.2, -0.15) is 5.26 Å². The van der Waals surface area contributed by atoms with E-state index in [1.165, 1.54) is 0 Å². The largest absolute Gasteiger partial charge is 0.376 e. The standard InChI is InChI=1S/C12H18N2O2/c1-9-10(4-7-16-9)14(2)11(15)12(8-13)5-3-6-12/h9-10H,3-7H2,1-2H3. The molecule has 1 aliphatic carbocycles. The van der Waals surface area contributed by atoms with Gasteiger partial charge in [0.1, 0.15) is 5.41 Å². The second-order valence-corrected chi connectivity index (χ2v) is 4.90. The molecule has 2 atom stereocenters. The lowest BCUT2D eigenvalue weighted by molar-refractivity contribution is -0.144. The third-order valence-corrected chi connectivity index (χ3v) is 3.98. The molecule has 0 aromatic heterocycles. The summed E-state index contributed by atoms with van der Waals surface area (Å²) in [4.78, 5) is 14.0. The van der Waals surface area contributed by atoms with E-state index in [-0.39, 0.29) is 18.1 Å². The molecule has 0 aromatic carbocycles. The molecule has 4 nitrogen and oxygen atoms in total. The molecule has 2 unspecified atom stereocenters. The summed E-state index contributed by atoms with van der Waals surface area (Å²) in [6, 6.07) is 2.34. The molecular formula is C12H18N2O2. The minimum Gasteiger partial charge on any atom is -0.376 e. The highest BCUT2D eigenvalue weighted by atomic mass is 16.5. The van der Waals surface area contributed by atoms with Crippen LogP contribution < -0.4 is 0 Å². The number of carbonyl (C=O) groups excluding carboxylic acids is 1. The smallest absolute Gasteiger partial charge is 0.243 e. The molecule has 2 fully saturated rings. The Morgan fingerprint density at radius 2 is 2.25 bits per heavy atom. The second kappa shape index (κ2) is 4.06. The van der Waals surface area contributed by atoms with Crippen molar-refractivity contribution < 1.29 is 9.53 Å². The highest BCUT2D eigenvalue weighted by Crippen LogP contribution is 2.42. The number of rotatable bonds is 2.